The first-order valence-electron chi connectivity index (χ1n) is 10.6. The molecule has 2 aromatic carbocycles. The molecule has 0 fully saturated rings. The predicted molar refractivity (Wildman–Crippen MR) is 125 cm³/mol. The summed E-state index contributed by atoms with van der Waals surface area (Å²) in [4.78, 5) is 47.8. The second kappa shape index (κ2) is 13.2. The van der Waals surface area contributed by atoms with Crippen LogP contribution in [0.25, 0.3) is 0 Å². The van der Waals surface area contributed by atoms with E-state index in [9.17, 15) is 19.2 Å². The van der Waals surface area contributed by atoms with Crippen LogP contribution in [0.3, 0.4) is 0 Å². The molecular formula is C24H27ClN2O6. The number of esters is 2. The standard InChI is InChI=1S/C24H27ClN2O6/c1-3-4-14-32-24(31)17-8-10-18(11-9-17)26-21(28)12-13-23(30)33-15-22(29)27-20-7-5-6-19(25)16(20)2/h5-11H,3-4,12-15H2,1-2H3,(H,26,28)(H,27,29). The largest absolute Gasteiger partial charge is 0.462 e. The van der Waals surface area contributed by atoms with E-state index in [0.717, 1.165) is 12.8 Å². The molecule has 0 aliphatic carbocycles. The van der Waals surface area contributed by atoms with Gasteiger partial charge in [-0.2, -0.15) is 0 Å². The minimum atomic E-state index is -0.673. The Morgan fingerprint density at radius 1 is 0.909 bits per heavy atom. The quantitative estimate of drug-likeness (QED) is 0.366. The Balaban J connectivity index is 1.70. The lowest BCUT2D eigenvalue weighted by Crippen LogP contribution is -2.22. The number of halogens is 1. The fourth-order valence-corrected chi connectivity index (χ4v) is 2.84. The van der Waals surface area contributed by atoms with Gasteiger partial charge >= 0.3 is 11.9 Å². The molecule has 2 aromatic rings. The molecule has 0 heterocycles. The maximum absolute atomic E-state index is 12.1. The molecule has 0 atom stereocenters. The number of unbranched alkanes of at least 4 members (excludes halogenated alkanes) is 1. The van der Waals surface area contributed by atoms with Crippen LogP contribution in [0.4, 0.5) is 11.4 Å². The average molecular weight is 475 g/mol. The summed E-state index contributed by atoms with van der Waals surface area (Å²) in [6.07, 6.45) is 1.43. The van der Waals surface area contributed by atoms with E-state index in [4.69, 9.17) is 21.1 Å². The number of hydrogen-bond donors (Lipinski definition) is 2. The Bertz CT molecular complexity index is 991. The van der Waals surface area contributed by atoms with Crippen LogP contribution in [0.15, 0.2) is 42.5 Å². The van der Waals surface area contributed by atoms with E-state index in [0.29, 0.717) is 34.1 Å². The Hall–Kier alpha value is -3.39. The third kappa shape index (κ3) is 8.94. The van der Waals surface area contributed by atoms with E-state index >= 15 is 0 Å². The highest BCUT2D eigenvalue weighted by molar-refractivity contribution is 6.31. The van der Waals surface area contributed by atoms with Crippen molar-refractivity contribution in [1.29, 1.82) is 0 Å². The maximum atomic E-state index is 12.1. The van der Waals surface area contributed by atoms with Gasteiger partial charge in [0.2, 0.25) is 5.91 Å². The van der Waals surface area contributed by atoms with E-state index in [1.165, 1.54) is 0 Å². The molecule has 2 rings (SSSR count). The summed E-state index contributed by atoms with van der Waals surface area (Å²) in [7, 11) is 0. The second-order valence-corrected chi connectivity index (χ2v) is 7.64. The van der Waals surface area contributed by atoms with Crippen LogP contribution < -0.4 is 10.6 Å². The van der Waals surface area contributed by atoms with Crippen LogP contribution in [0, 0.1) is 6.92 Å². The van der Waals surface area contributed by atoms with E-state index < -0.39 is 30.4 Å². The number of benzene rings is 2. The van der Waals surface area contributed by atoms with Gasteiger partial charge in [0, 0.05) is 22.8 Å². The smallest absolute Gasteiger partial charge is 0.338 e. The summed E-state index contributed by atoms with van der Waals surface area (Å²) in [6, 6.07) is 11.4. The lowest BCUT2D eigenvalue weighted by molar-refractivity contribution is -0.147. The summed E-state index contributed by atoms with van der Waals surface area (Å²) < 4.78 is 10.0. The van der Waals surface area contributed by atoms with Crippen molar-refractivity contribution in [2.75, 3.05) is 23.8 Å². The molecule has 0 aliphatic rings. The maximum Gasteiger partial charge on any atom is 0.338 e. The zero-order chi connectivity index (χ0) is 24.2. The first kappa shape index (κ1) is 25.9. The Morgan fingerprint density at radius 3 is 2.33 bits per heavy atom. The molecule has 0 unspecified atom stereocenters. The summed E-state index contributed by atoms with van der Waals surface area (Å²) >= 11 is 6.00. The lowest BCUT2D eigenvalue weighted by atomic mass is 10.2. The van der Waals surface area contributed by atoms with Gasteiger partial charge in [-0.05, 0) is 55.3 Å². The highest BCUT2D eigenvalue weighted by Crippen LogP contribution is 2.22. The van der Waals surface area contributed by atoms with Crippen LogP contribution >= 0.6 is 11.6 Å². The number of ether oxygens (including phenoxy) is 2. The van der Waals surface area contributed by atoms with Crippen molar-refractivity contribution < 1.29 is 28.7 Å². The molecule has 0 aliphatic heterocycles. The Labute approximate surface area is 197 Å². The van der Waals surface area contributed by atoms with Crippen LogP contribution in [0.5, 0.6) is 0 Å². The zero-order valence-corrected chi connectivity index (χ0v) is 19.4. The minimum Gasteiger partial charge on any atom is -0.462 e. The first-order valence-corrected chi connectivity index (χ1v) is 11.0. The summed E-state index contributed by atoms with van der Waals surface area (Å²) in [5.41, 5.74) is 2.11. The van der Waals surface area contributed by atoms with Crippen molar-refractivity contribution in [2.24, 2.45) is 0 Å². The van der Waals surface area contributed by atoms with Crippen LogP contribution in [-0.2, 0) is 23.9 Å². The number of anilines is 2. The van der Waals surface area contributed by atoms with Gasteiger partial charge in [-0.1, -0.05) is 31.0 Å². The summed E-state index contributed by atoms with van der Waals surface area (Å²) in [5, 5.41) is 5.76. The number of nitrogens with one attached hydrogen (secondary N) is 2. The third-order valence-electron chi connectivity index (χ3n) is 4.60. The molecule has 2 amide bonds. The van der Waals surface area contributed by atoms with Gasteiger partial charge in [0.25, 0.3) is 5.91 Å². The number of carbonyl (C=O) groups is 4. The molecule has 0 aromatic heterocycles. The monoisotopic (exact) mass is 474 g/mol. The van der Waals surface area contributed by atoms with E-state index in [1.807, 2.05) is 6.92 Å². The van der Waals surface area contributed by atoms with Crippen molar-refractivity contribution in [3.05, 3.63) is 58.6 Å². The molecule has 0 spiro atoms. The first-order chi connectivity index (χ1) is 15.8. The van der Waals surface area contributed by atoms with Gasteiger partial charge in [0.05, 0.1) is 18.6 Å². The normalized spacial score (nSPS) is 10.3. The molecule has 0 radical (unpaired) electrons. The number of amides is 2. The van der Waals surface area contributed by atoms with Gasteiger partial charge in [0.15, 0.2) is 6.61 Å². The molecule has 0 saturated carbocycles. The second-order valence-electron chi connectivity index (χ2n) is 7.24. The highest BCUT2D eigenvalue weighted by atomic mass is 35.5. The number of carbonyl (C=O) groups excluding carboxylic acids is 4. The van der Waals surface area contributed by atoms with Gasteiger partial charge in [0.1, 0.15) is 0 Å². The van der Waals surface area contributed by atoms with Crippen molar-refractivity contribution >= 4 is 46.7 Å². The Morgan fingerprint density at radius 2 is 1.64 bits per heavy atom. The molecule has 0 saturated heterocycles. The van der Waals surface area contributed by atoms with Gasteiger partial charge in [-0.25, -0.2) is 4.79 Å². The molecule has 0 bridgehead atoms. The predicted octanol–water partition coefficient (Wildman–Crippen LogP) is 4.51. The fraction of sp³-hybridized carbons (Fsp3) is 0.333. The molecule has 9 heteroatoms. The van der Waals surface area contributed by atoms with Gasteiger partial charge < -0.3 is 20.1 Å². The molecule has 176 valence electrons. The van der Waals surface area contributed by atoms with Crippen molar-refractivity contribution in [2.45, 2.75) is 39.5 Å². The minimum absolute atomic E-state index is 0.116. The third-order valence-corrected chi connectivity index (χ3v) is 5.01. The Kier molecular flexibility index (Phi) is 10.4. The highest BCUT2D eigenvalue weighted by Gasteiger charge is 2.13. The van der Waals surface area contributed by atoms with Crippen LogP contribution in [0.1, 0.15) is 48.5 Å². The van der Waals surface area contributed by atoms with Gasteiger partial charge in [-0.15, -0.1) is 0 Å². The lowest BCUT2D eigenvalue weighted by Gasteiger charge is -2.10. The molecule has 8 nitrogen and oxygen atoms in total. The van der Waals surface area contributed by atoms with Crippen molar-refractivity contribution in [1.82, 2.24) is 0 Å². The van der Waals surface area contributed by atoms with E-state index in [1.54, 1.807) is 49.4 Å². The molecule has 2 N–H and O–H groups in total. The van der Waals surface area contributed by atoms with Gasteiger partial charge in [-0.3, -0.25) is 14.4 Å². The molecule has 33 heavy (non-hydrogen) atoms. The van der Waals surface area contributed by atoms with Crippen LogP contribution in [0.2, 0.25) is 5.02 Å². The number of hydrogen-bond acceptors (Lipinski definition) is 6. The average Bonchev–Trinajstić information content (AvgIpc) is 2.80. The zero-order valence-electron chi connectivity index (χ0n) is 18.6. The fourth-order valence-electron chi connectivity index (χ4n) is 2.67. The SMILES string of the molecule is CCCCOC(=O)c1ccc(NC(=O)CCC(=O)OCC(=O)Nc2cccc(Cl)c2C)cc1. The van der Waals surface area contributed by atoms with Crippen molar-refractivity contribution in [3.63, 3.8) is 0 Å². The summed E-state index contributed by atoms with van der Waals surface area (Å²) in [6.45, 7) is 3.66. The van der Waals surface area contributed by atoms with Crippen molar-refractivity contribution in [3.8, 4) is 0 Å². The summed E-state index contributed by atoms with van der Waals surface area (Å²) in [5.74, 6) is -2.00. The van der Waals surface area contributed by atoms with E-state index in [-0.39, 0.29) is 12.8 Å². The van der Waals surface area contributed by atoms with Crippen LogP contribution in [-0.4, -0.2) is 37.0 Å². The molecular weight excluding hydrogens is 448 g/mol. The van der Waals surface area contributed by atoms with E-state index in [2.05, 4.69) is 10.6 Å². The topological polar surface area (TPSA) is 111 Å². The number of rotatable bonds is 11.